The zero-order valence-electron chi connectivity index (χ0n) is 13.3. The van der Waals surface area contributed by atoms with Crippen molar-refractivity contribution in [3.8, 4) is 0 Å². The Morgan fingerprint density at radius 1 is 0.950 bits per heavy atom. The first-order chi connectivity index (χ1) is 9.83. The molecule has 20 heavy (non-hydrogen) atoms. The Kier molecular flexibility index (Phi) is 10.3. The molecule has 0 radical (unpaired) electrons. The number of unbranched alkanes of at least 4 members (excludes halogenated alkanes) is 7. The molecule has 0 atom stereocenters. The lowest BCUT2D eigenvalue weighted by Crippen LogP contribution is -2.20. The summed E-state index contributed by atoms with van der Waals surface area (Å²) >= 11 is 0. The van der Waals surface area contributed by atoms with Gasteiger partial charge in [-0.15, -0.1) is 0 Å². The van der Waals surface area contributed by atoms with Gasteiger partial charge < -0.3 is 0 Å². The maximum atomic E-state index is 11.6. The van der Waals surface area contributed by atoms with Crippen LogP contribution in [-0.2, 0) is 4.79 Å². The molecule has 0 heterocycles. The van der Waals surface area contributed by atoms with Crippen LogP contribution in [0.5, 0.6) is 0 Å². The fourth-order valence-corrected chi connectivity index (χ4v) is 2.69. The van der Waals surface area contributed by atoms with Crippen LogP contribution in [0.15, 0.2) is 5.10 Å². The second-order valence-electron chi connectivity index (χ2n) is 6.00. The van der Waals surface area contributed by atoms with Crippen LogP contribution < -0.4 is 5.43 Å². The molecule has 1 rings (SSSR count). The van der Waals surface area contributed by atoms with Gasteiger partial charge in [0.15, 0.2) is 0 Å². The van der Waals surface area contributed by atoms with Gasteiger partial charge in [-0.05, 0) is 32.1 Å². The summed E-state index contributed by atoms with van der Waals surface area (Å²) in [6.45, 7) is 2.25. The van der Waals surface area contributed by atoms with Gasteiger partial charge in [0, 0.05) is 12.1 Å². The number of hydrazone groups is 1. The smallest absolute Gasteiger partial charge is 0.240 e. The van der Waals surface area contributed by atoms with Crippen molar-refractivity contribution in [3.63, 3.8) is 0 Å². The minimum atomic E-state index is 0.0917. The van der Waals surface area contributed by atoms with Crippen LogP contribution in [0.4, 0.5) is 0 Å². The lowest BCUT2D eigenvalue weighted by Gasteiger charge is -2.11. The first kappa shape index (κ1) is 17.2. The lowest BCUT2D eigenvalue weighted by atomic mass is 9.99. The van der Waals surface area contributed by atoms with Gasteiger partial charge in [-0.1, -0.05) is 58.3 Å². The summed E-state index contributed by atoms with van der Waals surface area (Å²) in [6, 6.07) is 0. The maximum absolute atomic E-state index is 11.6. The molecule has 1 N–H and O–H groups in total. The molecule has 116 valence electrons. The summed E-state index contributed by atoms with van der Waals surface area (Å²) < 4.78 is 0. The quantitative estimate of drug-likeness (QED) is 0.446. The van der Waals surface area contributed by atoms with Crippen molar-refractivity contribution in [1.29, 1.82) is 0 Å². The summed E-state index contributed by atoms with van der Waals surface area (Å²) in [5.41, 5.74) is 3.90. The van der Waals surface area contributed by atoms with E-state index in [-0.39, 0.29) is 5.91 Å². The number of rotatable bonds is 10. The third-order valence-corrected chi connectivity index (χ3v) is 4.03. The number of amides is 1. The number of carbonyl (C=O) groups excluding carboxylic acids is 1. The molecule has 0 spiro atoms. The van der Waals surface area contributed by atoms with Crippen molar-refractivity contribution in [2.45, 2.75) is 96.8 Å². The number of nitrogens with zero attached hydrogens (tertiary/aromatic N) is 1. The minimum Gasteiger partial charge on any atom is -0.273 e. The van der Waals surface area contributed by atoms with Gasteiger partial charge in [0.2, 0.25) is 5.91 Å². The molecule has 1 aliphatic rings. The van der Waals surface area contributed by atoms with Crippen LogP contribution >= 0.6 is 0 Å². The molecule has 1 fully saturated rings. The van der Waals surface area contributed by atoms with Crippen molar-refractivity contribution < 1.29 is 4.79 Å². The third-order valence-electron chi connectivity index (χ3n) is 4.03. The van der Waals surface area contributed by atoms with Gasteiger partial charge >= 0.3 is 0 Å². The van der Waals surface area contributed by atoms with Crippen LogP contribution in [0.25, 0.3) is 0 Å². The SMILES string of the molecule is CCCCCCCCCCC(=O)NN=C1CCCCC1. The Labute approximate surface area is 124 Å². The van der Waals surface area contributed by atoms with Gasteiger partial charge in [-0.2, -0.15) is 5.10 Å². The fourth-order valence-electron chi connectivity index (χ4n) is 2.69. The molecule has 0 saturated heterocycles. The van der Waals surface area contributed by atoms with Gasteiger partial charge in [0.25, 0.3) is 0 Å². The summed E-state index contributed by atoms with van der Waals surface area (Å²) in [5, 5.41) is 4.25. The van der Waals surface area contributed by atoms with Crippen LogP contribution in [0.2, 0.25) is 0 Å². The Morgan fingerprint density at radius 2 is 1.55 bits per heavy atom. The van der Waals surface area contributed by atoms with E-state index >= 15 is 0 Å². The number of carbonyl (C=O) groups is 1. The Morgan fingerprint density at radius 3 is 2.20 bits per heavy atom. The molecule has 3 nitrogen and oxygen atoms in total. The molecule has 0 aromatic carbocycles. The average Bonchev–Trinajstić information content (AvgIpc) is 2.49. The fraction of sp³-hybridized carbons (Fsp3) is 0.882. The second-order valence-corrected chi connectivity index (χ2v) is 6.00. The Balaban J connectivity index is 1.92. The Hall–Kier alpha value is -0.860. The predicted octanol–water partition coefficient (Wildman–Crippen LogP) is 4.95. The first-order valence-electron chi connectivity index (χ1n) is 8.67. The number of nitrogens with one attached hydrogen (secondary N) is 1. The largest absolute Gasteiger partial charge is 0.273 e. The molecule has 1 saturated carbocycles. The highest BCUT2D eigenvalue weighted by Gasteiger charge is 2.07. The summed E-state index contributed by atoms with van der Waals surface area (Å²) in [5.74, 6) is 0.0917. The molecule has 0 aromatic heterocycles. The number of hydrogen-bond acceptors (Lipinski definition) is 2. The molecule has 1 aliphatic carbocycles. The molecule has 0 bridgehead atoms. The molecule has 0 aliphatic heterocycles. The first-order valence-corrected chi connectivity index (χ1v) is 8.67. The van der Waals surface area contributed by atoms with E-state index in [1.54, 1.807) is 0 Å². The Bertz CT molecular complexity index is 279. The zero-order valence-corrected chi connectivity index (χ0v) is 13.3. The summed E-state index contributed by atoms with van der Waals surface area (Å²) in [4.78, 5) is 11.6. The van der Waals surface area contributed by atoms with Crippen molar-refractivity contribution in [2.75, 3.05) is 0 Å². The predicted molar refractivity (Wildman–Crippen MR) is 85.9 cm³/mol. The zero-order chi connectivity index (χ0) is 14.5. The highest BCUT2D eigenvalue weighted by atomic mass is 16.2. The van der Waals surface area contributed by atoms with Crippen LogP contribution in [-0.4, -0.2) is 11.6 Å². The van der Waals surface area contributed by atoms with Crippen molar-refractivity contribution >= 4 is 11.6 Å². The molecular weight excluding hydrogens is 248 g/mol. The van der Waals surface area contributed by atoms with E-state index in [9.17, 15) is 4.79 Å². The van der Waals surface area contributed by atoms with Gasteiger partial charge in [-0.25, -0.2) is 5.43 Å². The van der Waals surface area contributed by atoms with Gasteiger partial charge in [0.05, 0.1) is 0 Å². The van der Waals surface area contributed by atoms with E-state index < -0.39 is 0 Å². The normalized spacial score (nSPS) is 15.2. The van der Waals surface area contributed by atoms with E-state index in [4.69, 9.17) is 0 Å². The van der Waals surface area contributed by atoms with Crippen molar-refractivity contribution in [3.05, 3.63) is 0 Å². The van der Waals surface area contributed by atoms with E-state index in [0.717, 1.165) is 19.3 Å². The van der Waals surface area contributed by atoms with E-state index in [2.05, 4.69) is 17.5 Å². The second kappa shape index (κ2) is 11.9. The third kappa shape index (κ3) is 9.11. The van der Waals surface area contributed by atoms with E-state index in [1.165, 1.54) is 69.9 Å². The van der Waals surface area contributed by atoms with Gasteiger partial charge in [0.1, 0.15) is 0 Å². The molecule has 3 heteroatoms. The van der Waals surface area contributed by atoms with Crippen molar-refractivity contribution in [2.24, 2.45) is 5.10 Å². The minimum absolute atomic E-state index is 0.0917. The van der Waals surface area contributed by atoms with Crippen molar-refractivity contribution in [1.82, 2.24) is 5.43 Å². The maximum Gasteiger partial charge on any atom is 0.240 e. The standard InChI is InChI=1S/C17H32N2O/c1-2-3-4-5-6-7-8-12-15-17(20)19-18-16-13-10-9-11-14-16/h2-15H2,1H3,(H,19,20). The molecule has 0 aromatic rings. The summed E-state index contributed by atoms with van der Waals surface area (Å²) in [6.07, 6.45) is 16.7. The lowest BCUT2D eigenvalue weighted by molar-refractivity contribution is -0.121. The van der Waals surface area contributed by atoms with E-state index in [0.29, 0.717) is 6.42 Å². The molecule has 1 amide bonds. The summed E-state index contributed by atoms with van der Waals surface area (Å²) in [7, 11) is 0. The van der Waals surface area contributed by atoms with Gasteiger partial charge in [-0.3, -0.25) is 4.79 Å². The van der Waals surface area contributed by atoms with Crippen LogP contribution in [0.1, 0.15) is 96.8 Å². The monoisotopic (exact) mass is 280 g/mol. The van der Waals surface area contributed by atoms with Crippen LogP contribution in [0.3, 0.4) is 0 Å². The van der Waals surface area contributed by atoms with E-state index in [1.807, 2.05) is 0 Å². The highest BCUT2D eigenvalue weighted by molar-refractivity contribution is 5.86. The molecular formula is C17H32N2O. The highest BCUT2D eigenvalue weighted by Crippen LogP contribution is 2.14. The average molecular weight is 280 g/mol. The molecule has 0 unspecified atom stereocenters. The number of hydrogen-bond donors (Lipinski definition) is 1. The topological polar surface area (TPSA) is 41.5 Å². The van der Waals surface area contributed by atoms with Crippen LogP contribution in [0, 0.1) is 0 Å².